The number of aromatic amines is 2. The van der Waals surface area contributed by atoms with Crippen molar-refractivity contribution in [1.82, 2.24) is 44.8 Å². The summed E-state index contributed by atoms with van der Waals surface area (Å²) in [4.78, 5) is 28.1. The van der Waals surface area contributed by atoms with Gasteiger partial charge in [0.25, 0.3) is 0 Å². The lowest BCUT2D eigenvalue weighted by molar-refractivity contribution is 0.514. The van der Waals surface area contributed by atoms with Gasteiger partial charge in [0.05, 0.1) is 36.1 Å². The van der Waals surface area contributed by atoms with Gasteiger partial charge in [-0.1, -0.05) is 0 Å². The summed E-state index contributed by atoms with van der Waals surface area (Å²) in [6, 6.07) is 8.12. The molecule has 1 fully saturated rings. The molecule has 0 aliphatic carbocycles. The molecule has 42 heavy (non-hydrogen) atoms. The Bertz CT molecular complexity index is 2090. The van der Waals surface area contributed by atoms with Crippen molar-refractivity contribution in [3.8, 4) is 34.0 Å². The van der Waals surface area contributed by atoms with Gasteiger partial charge in [0.2, 0.25) is 10.0 Å². The monoisotopic (exact) mass is 585 g/mol. The molecule has 0 bridgehead atoms. The van der Waals surface area contributed by atoms with Crippen LogP contribution >= 0.6 is 0 Å². The van der Waals surface area contributed by atoms with E-state index in [1.54, 1.807) is 36.9 Å². The third kappa shape index (κ3) is 4.93. The fraction of sp³-hybridized carbons (Fsp3) is 0.185. The highest BCUT2D eigenvalue weighted by Gasteiger charge is 2.25. The van der Waals surface area contributed by atoms with Crippen LogP contribution in [0.2, 0.25) is 0 Å². The van der Waals surface area contributed by atoms with Crippen molar-refractivity contribution in [2.45, 2.75) is 12.6 Å². The summed E-state index contributed by atoms with van der Waals surface area (Å²) >= 11 is 0. The molecule has 0 saturated carbocycles. The molecule has 1 aromatic carbocycles. The maximum Gasteiger partial charge on any atom is 0.209 e. The minimum absolute atomic E-state index is 0.0435. The number of H-pyrrole nitrogens is 2. The average molecular weight is 586 g/mol. The van der Waals surface area contributed by atoms with Gasteiger partial charge in [-0.25, -0.2) is 32.5 Å². The first kappa shape index (κ1) is 26.1. The Kier molecular flexibility index (Phi) is 6.14. The molecule has 0 spiro atoms. The smallest absolute Gasteiger partial charge is 0.209 e. The van der Waals surface area contributed by atoms with Crippen LogP contribution in [-0.2, 0) is 16.6 Å². The molecular formula is C27H24FN11O2S. The van der Waals surface area contributed by atoms with Gasteiger partial charge in [-0.2, -0.15) is 5.10 Å². The van der Waals surface area contributed by atoms with Crippen LogP contribution in [0.5, 0.6) is 0 Å². The third-order valence-electron chi connectivity index (χ3n) is 6.98. The predicted molar refractivity (Wildman–Crippen MR) is 155 cm³/mol. The maximum absolute atomic E-state index is 14.6. The highest BCUT2D eigenvalue weighted by Crippen LogP contribution is 2.32. The van der Waals surface area contributed by atoms with E-state index in [-0.39, 0.29) is 12.6 Å². The Morgan fingerprint density at radius 2 is 1.95 bits per heavy atom. The Hall–Kier alpha value is -4.86. The average Bonchev–Trinajstić information content (AvgIpc) is 3.57. The lowest BCUT2D eigenvalue weighted by Crippen LogP contribution is -2.56. The number of rotatable bonds is 7. The number of sulfonamides is 1. The Balaban J connectivity index is 1.26. The topological polar surface area (TPSA) is 184 Å². The zero-order valence-corrected chi connectivity index (χ0v) is 23.0. The SMILES string of the molecule is CS(=O)(=O)NCc1cc(F)cc(-c2ccnc3[nH]c(-c4n[nH]c5cnc(-c6cncc(N7CC(N)C7)n6)cc45)nc23)c1. The van der Waals surface area contributed by atoms with Gasteiger partial charge in [-0.15, -0.1) is 0 Å². The van der Waals surface area contributed by atoms with Gasteiger partial charge in [0.15, 0.2) is 11.5 Å². The van der Waals surface area contributed by atoms with Crippen molar-refractivity contribution in [2.75, 3.05) is 24.2 Å². The Morgan fingerprint density at radius 3 is 2.76 bits per heavy atom. The fourth-order valence-corrected chi connectivity index (χ4v) is 5.38. The minimum atomic E-state index is -3.44. The lowest BCUT2D eigenvalue weighted by atomic mass is 10.0. The number of hydrogen-bond donors (Lipinski definition) is 4. The van der Waals surface area contributed by atoms with E-state index in [9.17, 15) is 12.8 Å². The van der Waals surface area contributed by atoms with E-state index in [1.165, 1.54) is 12.1 Å². The van der Waals surface area contributed by atoms with Crippen LogP contribution in [0.1, 0.15) is 5.56 Å². The zero-order chi connectivity index (χ0) is 29.0. The molecule has 1 aliphatic rings. The quantitative estimate of drug-likeness (QED) is 0.217. The molecule has 0 unspecified atom stereocenters. The Labute approximate surface area is 238 Å². The second-order valence-electron chi connectivity index (χ2n) is 10.2. The summed E-state index contributed by atoms with van der Waals surface area (Å²) in [6.45, 7) is 1.41. The zero-order valence-electron chi connectivity index (χ0n) is 22.2. The van der Waals surface area contributed by atoms with Gasteiger partial charge < -0.3 is 15.6 Å². The highest BCUT2D eigenvalue weighted by molar-refractivity contribution is 7.88. The number of nitrogens with one attached hydrogen (secondary N) is 3. The number of aromatic nitrogens is 8. The fourth-order valence-electron chi connectivity index (χ4n) is 4.95. The molecule has 212 valence electrons. The van der Waals surface area contributed by atoms with Crippen LogP contribution < -0.4 is 15.4 Å². The maximum atomic E-state index is 14.6. The number of halogens is 1. The molecule has 0 atom stereocenters. The van der Waals surface area contributed by atoms with Crippen LogP contribution in [0.25, 0.3) is 56.1 Å². The van der Waals surface area contributed by atoms with Crippen molar-refractivity contribution in [2.24, 2.45) is 5.73 Å². The predicted octanol–water partition coefficient (Wildman–Crippen LogP) is 2.36. The van der Waals surface area contributed by atoms with Gasteiger partial charge >= 0.3 is 0 Å². The van der Waals surface area contributed by atoms with Crippen molar-refractivity contribution in [3.63, 3.8) is 0 Å². The standard InChI is InChI=1S/C27H24FN11O2S/c1-42(40,41)33-8-14-4-15(6-16(28)5-14)18-2-3-31-26-24(18)35-27(36-26)25-19-7-20(32-10-21(19)37-38-25)22-9-30-11-23(34-22)39-12-17(29)13-39/h2-7,9-11,17,33H,8,12-13,29H2,1H3,(H,37,38)(H,31,35,36). The first-order valence-electron chi connectivity index (χ1n) is 13.0. The molecule has 5 aromatic heterocycles. The van der Waals surface area contributed by atoms with E-state index in [1.807, 2.05) is 6.07 Å². The van der Waals surface area contributed by atoms with Crippen molar-refractivity contribution in [3.05, 3.63) is 66.5 Å². The molecule has 7 rings (SSSR count). The van der Waals surface area contributed by atoms with Crippen LogP contribution in [0, 0.1) is 5.82 Å². The van der Waals surface area contributed by atoms with E-state index < -0.39 is 15.8 Å². The van der Waals surface area contributed by atoms with E-state index in [4.69, 9.17) is 15.7 Å². The number of hydrogen-bond acceptors (Lipinski definition) is 10. The van der Waals surface area contributed by atoms with E-state index in [0.717, 1.165) is 30.5 Å². The molecule has 0 amide bonds. The summed E-state index contributed by atoms with van der Waals surface area (Å²) in [5.74, 6) is 0.700. The summed E-state index contributed by atoms with van der Waals surface area (Å²) in [5, 5.41) is 8.24. The lowest BCUT2D eigenvalue weighted by Gasteiger charge is -2.37. The highest BCUT2D eigenvalue weighted by atomic mass is 32.2. The second kappa shape index (κ2) is 9.90. The first-order valence-corrected chi connectivity index (χ1v) is 14.9. The molecule has 6 aromatic rings. The van der Waals surface area contributed by atoms with E-state index in [2.05, 4.69) is 39.8 Å². The molecular weight excluding hydrogens is 561 g/mol. The third-order valence-corrected chi connectivity index (χ3v) is 7.65. The number of imidazole rings is 1. The number of fused-ring (bicyclic) bond motifs is 2. The first-order chi connectivity index (χ1) is 20.2. The molecule has 15 heteroatoms. The normalized spacial score (nSPS) is 14.1. The van der Waals surface area contributed by atoms with Crippen molar-refractivity contribution >= 4 is 37.9 Å². The molecule has 0 radical (unpaired) electrons. The number of anilines is 1. The molecule has 13 nitrogen and oxygen atoms in total. The number of benzene rings is 1. The number of pyridine rings is 2. The van der Waals surface area contributed by atoms with Crippen LogP contribution in [0.4, 0.5) is 10.2 Å². The number of nitrogens with two attached hydrogens (primary N) is 1. The van der Waals surface area contributed by atoms with Gasteiger partial charge in [0, 0.05) is 42.8 Å². The molecule has 1 saturated heterocycles. The van der Waals surface area contributed by atoms with Crippen LogP contribution in [0.3, 0.4) is 0 Å². The van der Waals surface area contributed by atoms with Crippen LogP contribution in [0.15, 0.2) is 55.1 Å². The summed E-state index contributed by atoms with van der Waals surface area (Å²) in [7, 11) is -3.44. The number of nitrogens with zero attached hydrogens (tertiary/aromatic N) is 7. The molecule has 5 N–H and O–H groups in total. The van der Waals surface area contributed by atoms with Gasteiger partial charge in [0.1, 0.15) is 28.5 Å². The van der Waals surface area contributed by atoms with Crippen molar-refractivity contribution < 1.29 is 12.8 Å². The second-order valence-corrected chi connectivity index (χ2v) is 12.0. The summed E-state index contributed by atoms with van der Waals surface area (Å²) < 4.78 is 40.0. The van der Waals surface area contributed by atoms with Crippen LogP contribution in [-0.4, -0.2) is 73.9 Å². The van der Waals surface area contributed by atoms with E-state index in [0.29, 0.717) is 56.3 Å². The molecule has 6 heterocycles. The van der Waals surface area contributed by atoms with Gasteiger partial charge in [-0.05, 0) is 41.5 Å². The summed E-state index contributed by atoms with van der Waals surface area (Å²) in [5.41, 5.74) is 11.0. The van der Waals surface area contributed by atoms with Gasteiger partial charge in [-0.3, -0.25) is 15.1 Å². The molecule has 1 aliphatic heterocycles. The largest absolute Gasteiger partial charge is 0.352 e. The van der Waals surface area contributed by atoms with Crippen molar-refractivity contribution in [1.29, 1.82) is 0 Å². The Morgan fingerprint density at radius 1 is 1.10 bits per heavy atom. The minimum Gasteiger partial charge on any atom is -0.352 e. The van der Waals surface area contributed by atoms with E-state index >= 15 is 0 Å². The summed E-state index contributed by atoms with van der Waals surface area (Å²) in [6.07, 6.45) is 7.70.